The number of nitrogens with zero attached hydrogens (tertiary/aromatic N) is 4. The number of aryl methyl sites for hydroxylation is 2. The van der Waals surface area contributed by atoms with Crippen molar-refractivity contribution in [3.63, 3.8) is 0 Å². The highest BCUT2D eigenvalue weighted by atomic mass is 32.1. The van der Waals surface area contributed by atoms with Gasteiger partial charge in [-0.25, -0.2) is 9.97 Å². The van der Waals surface area contributed by atoms with Gasteiger partial charge in [0.25, 0.3) is 5.56 Å². The molecule has 9 heteroatoms. The molecule has 2 aromatic carbocycles. The van der Waals surface area contributed by atoms with Gasteiger partial charge in [-0.05, 0) is 43.2 Å². The topological polar surface area (TPSA) is 94.4 Å². The van der Waals surface area contributed by atoms with Gasteiger partial charge in [0.15, 0.2) is 5.13 Å². The summed E-state index contributed by atoms with van der Waals surface area (Å²) >= 11 is 1.32. The monoisotopic (exact) mass is 490 g/mol. The van der Waals surface area contributed by atoms with Crippen LogP contribution in [0, 0.1) is 13.8 Å². The summed E-state index contributed by atoms with van der Waals surface area (Å²) < 4.78 is 6.86. The molecule has 0 atom stereocenters. The standard InChI is InChI=1S/C26H26N4O4S/c1-16-8-7-11-22(17(16)2)30(18(3)31)26-27-19(15-35-26)14-34-24(32)13-12-23-28-21-10-6-5-9-20(21)25(33)29(23)4/h5-11,15H,12-14H2,1-4H3. The molecule has 0 fully saturated rings. The van der Waals surface area contributed by atoms with E-state index in [2.05, 4.69) is 9.97 Å². The van der Waals surface area contributed by atoms with Gasteiger partial charge in [-0.1, -0.05) is 24.3 Å². The van der Waals surface area contributed by atoms with E-state index in [0.29, 0.717) is 27.6 Å². The third-order valence-corrected chi connectivity index (χ3v) is 6.75. The number of benzene rings is 2. The zero-order chi connectivity index (χ0) is 25.1. The van der Waals surface area contributed by atoms with Gasteiger partial charge < -0.3 is 4.74 Å². The molecule has 8 nitrogen and oxygen atoms in total. The lowest BCUT2D eigenvalue weighted by molar-refractivity contribution is -0.145. The number of anilines is 2. The van der Waals surface area contributed by atoms with E-state index < -0.39 is 5.97 Å². The fourth-order valence-corrected chi connectivity index (χ4v) is 4.64. The Labute approximate surface area is 206 Å². The van der Waals surface area contributed by atoms with E-state index in [4.69, 9.17) is 4.74 Å². The Morgan fingerprint density at radius 3 is 2.63 bits per heavy atom. The number of carbonyl (C=O) groups is 2. The average Bonchev–Trinajstić information content (AvgIpc) is 3.30. The predicted octanol–water partition coefficient (Wildman–Crippen LogP) is 4.37. The Hall–Kier alpha value is -3.85. The lowest BCUT2D eigenvalue weighted by Gasteiger charge is -2.21. The van der Waals surface area contributed by atoms with Crippen molar-refractivity contribution in [2.75, 3.05) is 4.90 Å². The van der Waals surface area contributed by atoms with Crippen molar-refractivity contribution in [2.24, 2.45) is 7.05 Å². The van der Waals surface area contributed by atoms with Crippen LogP contribution < -0.4 is 10.5 Å². The molecule has 0 N–H and O–H groups in total. The van der Waals surface area contributed by atoms with E-state index in [9.17, 15) is 14.4 Å². The van der Waals surface area contributed by atoms with Gasteiger partial charge in [0.2, 0.25) is 5.91 Å². The summed E-state index contributed by atoms with van der Waals surface area (Å²) in [5.41, 5.74) is 3.89. The van der Waals surface area contributed by atoms with Gasteiger partial charge >= 0.3 is 5.97 Å². The minimum atomic E-state index is -0.417. The number of para-hydroxylation sites is 1. The van der Waals surface area contributed by atoms with Crippen LogP contribution >= 0.6 is 11.3 Å². The fourth-order valence-electron chi connectivity index (χ4n) is 3.78. The number of aromatic nitrogens is 3. The average molecular weight is 491 g/mol. The number of amides is 1. The first-order valence-corrected chi connectivity index (χ1v) is 12.1. The number of esters is 1. The van der Waals surface area contributed by atoms with Gasteiger partial charge in [0.1, 0.15) is 12.4 Å². The first-order valence-electron chi connectivity index (χ1n) is 11.2. The Morgan fingerprint density at radius 2 is 1.86 bits per heavy atom. The molecule has 0 aliphatic heterocycles. The van der Waals surface area contributed by atoms with E-state index in [1.807, 2.05) is 38.1 Å². The van der Waals surface area contributed by atoms with Gasteiger partial charge in [-0.3, -0.25) is 23.9 Å². The molecule has 4 rings (SSSR count). The highest BCUT2D eigenvalue weighted by molar-refractivity contribution is 7.14. The molecule has 35 heavy (non-hydrogen) atoms. The maximum Gasteiger partial charge on any atom is 0.306 e. The lowest BCUT2D eigenvalue weighted by Crippen LogP contribution is -2.23. The zero-order valence-electron chi connectivity index (χ0n) is 20.1. The molecule has 0 aliphatic rings. The fraction of sp³-hybridized carbons (Fsp3) is 0.269. The maximum absolute atomic E-state index is 12.5. The highest BCUT2D eigenvalue weighted by Gasteiger charge is 2.20. The second-order valence-corrected chi connectivity index (χ2v) is 9.10. The van der Waals surface area contributed by atoms with Gasteiger partial charge in [-0.15, -0.1) is 11.3 Å². The second-order valence-electron chi connectivity index (χ2n) is 8.26. The molecule has 0 spiro atoms. The van der Waals surface area contributed by atoms with E-state index in [0.717, 1.165) is 16.8 Å². The molecule has 0 radical (unpaired) electrons. The molecule has 180 valence electrons. The number of rotatable bonds is 7. The number of hydrogen-bond acceptors (Lipinski definition) is 7. The molecule has 1 amide bonds. The van der Waals surface area contributed by atoms with E-state index >= 15 is 0 Å². The van der Waals surface area contributed by atoms with Crippen LogP contribution in [0.2, 0.25) is 0 Å². The molecule has 0 saturated heterocycles. The Bertz CT molecular complexity index is 1470. The van der Waals surface area contributed by atoms with Crippen LogP contribution in [0.4, 0.5) is 10.8 Å². The number of fused-ring (bicyclic) bond motifs is 1. The summed E-state index contributed by atoms with van der Waals surface area (Å²) in [6.45, 7) is 5.46. The third kappa shape index (κ3) is 5.14. The highest BCUT2D eigenvalue weighted by Crippen LogP contribution is 2.32. The first-order chi connectivity index (χ1) is 16.8. The number of ether oxygens (including phenoxy) is 1. The van der Waals surface area contributed by atoms with Crippen molar-refractivity contribution < 1.29 is 14.3 Å². The maximum atomic E-state index is 12.5. The second kappa shape index (κ2) is 10.2. The summed E-state index contributed by atoms with van der Waals surface area (Å²) in [5.74, 6) is -0.0442. The minimum absolute atomic E-state index is 0.00203. The summed E-state index contributed by atoms with van der Waals surface area (Å²) in [5, 5.41) is 2.84. The van der Waals surface area contributed by atoms with Crippen LogP contribution in [-0.2, 0) is 34.4 Å². The van der Waals surface area contributed by atoms with Crippen LogP contribution in [0.5, 0.6) is 0 Å². The van der Waals surface area contributed by atoms with Gasteiger partial charge in [0, 0.05) is 25.8 Å². The Kier molecular flexibility index (Phi) is 7.07. The molecule has 4 aromatic rings. The summed E-state index contributed by atoms with van der Waals surface area (Å²) in [6, 6.07) is 12.9. The normalized spacial score (nSPS) is 11.0. The number of carbonyl (C=O) groups excluding carboxylic acids is 2. The predicted molar refractivity (Wildman–Crippen MR) is 136 cm³/mol. The summed E-state index contributed by atoms with van der Waals surface area (Å²) in [7, 11) is 1.65. The van der Waals surface area contributed by atoms with Crippen LogP contribution in [0.15, 0.2) is 52.6 Å². The molecule has 0 unspecified atom stereocenters. The smallest absolute Gasteiger partial charge is 0.306 e. The molecular weight excluding hydrogens is 464 g/mol. The van der Waals surface area contributed by atoms with E-state index in [-0.39, 0.29) is 30.9 Å². The van der Waals surface area contributed by atoms with Gasteiger partial charge in [0.05, 0.1) is 28.7 Å². The summed E-state index contributed by atoms with van der Waals surface area (Å²) in [6.07, 6.45) is 0.361. The quantitative estimate of drug-likeness (QED) is 0.357. The minimum Gasteiger partial charge on any atom is -0.459 e. The largest absolute Gasteiger partial charge is 0.459 e. The van der Waals surface area contributed by atoms with E-state index in [1.165, 1.54) is 22.8 Å². The SMILES string of the molecule is CC(=O)N(c1nc(COC(=O)CCc2nc3ccccc3c(=O)n2C)cs1)c1cccc(C)c1C. The van der Waals surface area contributed by atoms with Crippen molar-refractivity contribution >= 4 is 44.9 Å². The van der Waals surface area contributed by atoms with Crippen molar-refractivity contribution in [1.82, 2.24) is 14.5 Å². The Morgan fingerprint density at radius 1 is 1.09 bits per heavy atom. The van der Waals surface area contributed by atoms with Crippen LogP contribution in [0.1, 0.15) is 36.0 Å². The van der Waals surface area contributed by atoms with Gasteiger partial charge in [-0.2, -0.15) is 0 Å². The van der Waals surface area contributed by atoms with Crippen LogP contribution in [0.3, 0.4) is 0 Å². The lowest BCUT2D eigenvalue weighted by atomic mass is 10.1. The van der Waals surface area contributed by atoms with Crippen molar-refractivity contribution in [3.8, 4) is 0 Å². The molecule has 0 bridgehead atoms. The summed E-state index contributed by atoms with van der Waals surface area (Å²) in [4.78, 5) is 47.9. The molecule has 0 saturated carbocycles. The zero-order valence-corrected chi connectivity index (χ0v) is 20.9. The number of hydrogen-bond donors (Lipinski definition) is 0. The third-order valence-electron chi connectivity index (χ3n) is 5.87. The number of thiazole rings is 1. The van der Waals surface area contributed by atoms with Crippen molar-refractivity contribution in [3.05, 3.63) is 80.8 Å². The van der Waals surface area contributed by atoms with E-state index in [1.54, 1.807) is 35.5 Å². The molecule has 2 aromatic heterocycles. The molecule has 0 aliphatic carbocycles. The van der Waals surface area contributed by atoms with Crippen LogP contribution in [-0.4, -0.2) is 26.4 Å². The van der Waals surface area contributed by atoms with Crippen molar-refractivity contribution in [2.45, 2.75) is 40.2 Å². The first kappa shape index (κ1) is 24.3. The Balaban J connectivity index is 1.41. The van der Waals surface area contributed by atoms with Crippen LogP contribution in [0.25, 0.3) is 10.9 Å². The molecular formula is C26H26N4O4S. The molecule has 2 heterocycles. The van der Waals surface area contributed by atoms with Crippen molar-refractivity contribution in [1.29, 1.82) is 0 Å².